The summed E-state index contributed by atoms with van der Waals surface area (Å²) < 4.78 is 7.75. The topological polar surface area (TPSA) is 73.0 Å². The van der Waals surface area contributed by atoms with Gasteiger partial charge in [-0.1, -0.05) is 30.3 Å². The van der Waals surface area contributed by atoms with Crippen LogP contribution in [0.1, 0.15) is 40.5 Å². The Labute approximate surface area is 184 Å². The Bertz CT molecular complexity index is 1490. The van der Waals surface area contributed by atoms with Gasteiger partial charge in [-0.25, -0.2) is 4.98 Å². The van der Waals surface area contributed by atoms with Crippen molar-refractivity contribution in [3.05, 3.63) is 77.6 Å². The van der Waals surface area contributed by atoms with E-state index in [1.54, 1.807) is 4.68 Å². The highest BCUT2D eigenvalue weighted by molar-refractivity contribution is 6.13. The number of carbonyl (C=O) groups is 1. The Hall–Kier alpha value is -3.93. The summed E-state index contributed by atoms with van der Waals surface area (Å²) in [6, 6.07) is 19.6. The van der Waals surface area contributed by atoms with E-state index in [2.05, 4.69) is 10.4 Å². The summed E-state index contributed by atoms with van der Waals surface area (Å²) in [5.41, 5.74) is 5.70. The molecule has 0 saturated heterocycles. The molecule has 6 nitrogen and oxygen atoms in total. The summed E-state index contributed by atoms with van der Waals surface area (Å²) in [6.45, 7) is 1.92. The fourth-order valence-corrected chi connectivity index (χ4v) is 4.30. The van der Waals surface area contributed by atoms with Crippen LogP contribution in [0.3, 0.4) is 0 Å². The Morgan fingerprint density at radius 1 is 1.09 bits per heavy atom. The smallest absolute Gasteiger partial charge is 0.256 e. The molecule has 1 aliphatic rings. The molecule has 0 atom stereocenters. The van der Waals surface area contributed by atoms with Gasteiger partial charge in [-0.15, -0.1) is 0 Å². The lowest BCUT2D eigenvalue weighted by atomic mass is 10.1. The maximum atomic E-state index is 13.3. The van der Waals surface area contributed by atoms with E-state index in [4.69, 9.17) is 9.40 Å². The quantitative estimate of drug-likeness (QED) is 0.396. The average Bonchev–Trinajstić information content (AvgIpc) is 3.50. The Balaban J connectivity index is 1.36. The van der Waals surface area contributed by atoms with Gasteiger partial charge in [-0.3, -0.25) is 9.48 Å². The average molecular weight is 422 g/mol. The molecule has 158 valence electrons. The number of furan rings is 1. The van der Waals surface area contributed by atoms with Crippen LogP contribution in [0.25, 0.3) is 33.3 Å². The molecule has 32 heavy (non-hydrogen) atoms. The summed E-state index contributed by atoms with van der Waals surface area (Å²) in [5.74, 6) is 1.10. The van der Waals surface area contributed by atoms with Gasteiger partial charge >= 0.3 is 0 Å². The van der Waals surface area contributed by atoms with Crippen molar-refractivity contribution in [1.29, 1.82) is 0 Å². The molecule has 1 fully saturated rings. The third-order valence-electron chi connectivity index (χ3n) is 6.06. The van der Waals surface area contributed by atoms with Crippen molar-refractivity contribution in [3.8, 4) is 11.3 Å². The van der Waals surface area contributed by atoms with Crippen LogP contribution in [0, 0.1) is 6.92 Å². The van der Waals surface area contributed by atoms with Crippen molar-refractivity contribution >= 4 is 33.6 Å². The Morgan fingerprint density at radius 3 is 2.69 bits per heavy atom. The summed E-state index contributed by atoms with van der Waals surface area (Å²) in [7, 11) is 1.87. The fraction of sp³-hybridized carbons (Fsp3) is 0.192. The van der Waals surface area contributed by atoms with Crippen LogP contribution >= 0.6 is 0 Å². The predicted molar refractivity (Wildman–Crippen MR) is 125 cm³/mol. The van der Waals surface area contributed by atoms with Crippen molar-refractivity contribution in [2.75, 3.05) is 5.32 Å². The fourth-order valence-electron chi connectivity index (χ4n) is 4.30. The molecular formula is C26H22N4O2. The summed E-state index contributed by atoms with van der Waals surface area (Å²) in [5, 5.41) is 9.32. The first-order valence-corrected chi connectivity index (χ1v) is 10.8. The van der Waals surface area contributed by atoms with Gasteiger partial charge in [-0.2, -0.15) is 5.10 Å². The molecule has 0 radical (unpaired) electrons. The van der Waals surface area contributed by atoms with Gasteiger partial charge in [0.15, 0.2) is 5.65 Å². The number of amides is 1. The van der Waals surface area contributed by atoms with E-state index < -0.39 is 0 Å². The van der Waals surface area contributed by atoms with E-state index in [0.717, 1.165) is 63.2 Å². The number of aryl methyl sites for hydroxylation is 2. The SMILES string of the molecule is Cc1nn(C)c2nc(C3CC3)cc(C(=O)Nc3ccc4oc(-c5ccccc5)cc4c3)c12. The summed E-state index contributed by atoms with van der Waals surface area (Å²) in [6.07, 6.45) is 2.24. The molecule has 5 aromatic rings. The number of benzene rings is 2. The second-order valence-corrected chi connectivity index (χ2v) is 8.46. The van der Waals surface area contributed by atoms with Crippen molar-refractivity contribution in [1.82, 2.24) is 14.8 Å². The molecular weight excluding hydrogens is 400 g/mol. The number of hydrogen-bond donors (Lipinski definition) is 1. The minimum atomic E-state index is -0.151. The lowest BCUT2D eigenvalue weighted by Crippen LogP contribution is -2.13. The molecule has 1 N–H and O–H groups in total. The Kier molecular flexibility index (Phi) is 4.15. The van der Waals surface area contributed by atoms with E-state index in [-0.39, 0.29) is 5.91 Å². The van der Waals surface area contributed by atoms with Crippen molar-refractivity contribution in [2.45, 2.75) is 25.7 Å². The van der Waals surface area contributed by atoms with Gasteiger partial charge in [0, 0.05) is 35.3 Å². The first kappa shape index (κ1) is 18.8. The highest BCUT2D eigenvalue weighted by atomic mass is 16.3. The van der Waals surface area contributed by atoms with Crippen molar-refractivity contribution < 1.29 is 9.21 Å². The predicted octanol–water partition coefficient (Wildman–Crippen LogP) is 5.82. The number of fused-ring (bicyclic) bond motifs is 2. The second-order valence-electron chi connectivity index (χ2n) is 8.46. The van der Waals surface area contributed by atoms with Gasteiger partial charge in [0.25, 0.3) is 5.91 Å². The van der Waals surface area contributed by atoms with Gasteiger partial charge in [-0.05, 0) is 50.1 Å². The number of carbonyl (C=O) groups excluding carboxylic acids is 1. The van der Waals surface area contributed by atoms with Crippen LogP contribution in [-0.2, 0) is 7.05 Å². The first-order chi connectivity index (χ1) is 15.6. The number of aromatic nitrogens is 3. The van der Waals surface area contributed by atoms with E-state index >= 15 is 0 Å². The van der Waals surface area contributed by atoms with Crippen LogP contribution in [-0.4, -0.2) is 20.7 Å². The van der Waals surface area contributed by atoms with Crippen molar-refractivity contribution in [2.24, 2.45) is 7.05 Å². The maximum Gasteiger partial charge on any atom is 0.256 e. The van der Waals surface area contributed by atoms with E-state index in [0.29, 0.717) is 11.5 Å². The van der Waals surface area contributed by atoms with Gasteiger partial charge in [0.1, 0.15) is 11.3 Å². The molecule has 3 heterocycles. The minimum Gasteiger partial charge on any atom is -0.456 e. The lowest BCUT2D eigenvalue weighted by molar-refractivity contribution is 0.102. The largest absolute Gasteiger partial charge is 0.456 e. The van der Waals surface area contributed by atoms with Crippen LogP contribution in [0.15, 0.2) is 65.1 Å². The van der Waals surface area contributed by atoms with Gasteiger partial charge in [0.2, 0.25) is 0 Å². The molecule has 0 bridgehead atoms. The molecule has 0 aliphatic heterocycles. The van der Waals surface area contributed by atoms with Crippen LogP contribution < -0.4 is 5.32 Å². The Morgan fingerprint density at radius 2 is 1.91 bits per heavy atom. The summed E-state index contributed by atoms with van der Waals surface area (Å²) in [4.78, 5) is 18.1. The number of nitrogens with one attached hydrogen (secondary N) is 1. The van der Waals surface area contributed by atoms with Gasteiger partial charge in [0.05, 0.1) is 16.6 Å². The van der Waals surface area contributed by atoms with E-state index in [1.165, 1.54) is 0 Å². The normalized spacial score (nSPS) is 13.7. The third-order valence-corrected chi connectivity index (χ3v) is 6.06. The molecule has 1 aliphatic carbocycles. The summed E-state index contributed by atoms with van der Waals surface area (Å²) >= 11 is 0. The number of nitrogens with zero attached hydrogens (tertiary/aromatic N) is 3. The molecule has 0 spiro atoms. The number of anilines is 1. The molecule has 3 aromatic heterocycles. The zero-order valence-corrected chi connectivity index (χ0v) is 17.9. The van der Waals surface area contributed by atoms with E-state index in [1.807, 2.05) is 74.6 Å². The standard InChI is InChI=1S/C26H22N4O2/c1-15-24-20(14-21(16-8-9-16)28-25(24)30(2)29-15)26(31)27-19-10-11-22-18(12-19)13-23(32-22)17-6-4-3-5-7-17/h3-7,10-14,16H,8-9H2,1-2H3,(H,27,31). The molecule has 2 aromatic carbocycles. The molecule has 0 unspecified atom stereocenters. The van der Waals surface area contributed by atoms with Crippen LogP contribution in [0.2, 0.25) is 0 Å². The first-order valence-electron chi connectivity index (χ1n) is 10.8. The minimum absolute atomic E-state index is 0.151. The second kappa shape index (κ2) is 7.05. The molecule has 1 amide bonds. The van der Waals surface area contributed by atoms with Gasteiger partial charge < -0.3 is 9.73 Å². The number of hydrogen-bond acceptors (Lipinski definition) is 4. The monoisotopic (exact) mass is 422 g/mol. The zero-order valence-electron chi connectivity index (χ0n) is 17.9. The highest BCUT2D eigenvalue weighted by Crippen LogP contribution is 2.40. The molecule has 6 rings (SSSR count). The van der Waals surface area contributed by atoms with Crippen molar-refractivity contribution in [3.63, 3.8) is 0 Å². The number of rotatable bonds is 4. The highest BCUT2D eigenvalue weighted by Gasteiger charge is 2.28. The maximum absolute atomic E-state index is 13.3. The molecule has 6 heteroatoms. The zero-order chi connectivity index (χ0) is 21.8. The third kappa shape index (κ3) is 3.15. The lowest BCUT2D eigenvalue weighted by Gasteiger charge is -2.09. The molecule has 1 saturated carbocycles. The number of pyridine rings is 1. The van der Waals surface area contributed by atoms with E-state index in [9.17, 15) is 4.79 Å². The van der Waals surface area contributed by atoms with Crippen LogP contribution in [0.5, 0.6) is 0 Å². The van der Waals surface area contributed by atoms with Crippen LogP contribution in [0.4, 0.5) is 5.69 Å².